The number of piperidine rings is 1. The van der Waals surface area contributed by atoms with Crippen molar-refractivity contribution in [3.63, 3.8) is 0 Å². The van der Waals surface area contributed by atoms with Gasteiger partial charge in [0.05, 0.1) is 14.2 Å². The predicted molar refractivity (Wildman–Crippen MR) is 146 cm³/mol. The van der Waals surface area contributed by atoms with Crippen molar-refractivity contribution >= 4 is 33.1 Å². The van der Waals surface area contributed by atoms with Gasteiger partial charge in [-0.25, -0.2) is 0 Å². The molecule has 3 aromatic carbocycles. The number of benzene rings is 3. The number of nitrogens with zero attached hydrogens (tertiary/aromatic N) is 1. The van der Waals surface area contributed by atoms with Crippen LogP contribution in [0.25, 0.3) is 20.5 Å². The van der Waals surface area contributed by atoms with Gasteiger partial charge in [0.1, 0.15) is 17.2 Å². The molecule has 0 spiro atoms. The fourth-order valence-electron chi connectivity index (χ4n) is 4.60. The fraction of sp³-hybridized carbons (Fsp3) is 0.267. The summed E-state index contributed by atoms with van der Waals surface area (Å²) < 4.78 is 17.4. The Morgan fingerprint density at radius 2 is 1.46 bits per heavy atom. The molecule has 0 bridgehead atoms. The molecule has 1 aliphatic rings. The van der Waals surface area contributed by atoms with E-state index >= 15 is 0 Å². The number of hydrogen-bond donors (Lipinski definition) is 0. The highest BCUT2D eigenvalue weighted by atomic mass is 32.1. The number of ether oxygens (including phenoxy) is 3. The molecule has 0 radical (unpaired) electrons. The molecule has 4 aromatic rings. The van der Waals surface area contributed by atoms with Crippen molar-refractivity contribution < 1.29 is 23.8 Å². The maximum Gasteiger partial charge on any atom is 0.260 e. The number of likely N-dealkylation sites (tertiary alicyclic amines) is 1. The van der Waals surface area contributed by atoms with Gasteiger partial charge in [-0.2, -0.15) is 0 Å². The normalized spacial score (nSPS) is 13.4. The Balaban J connectivity index is 1.41. The summed E-state index contributed by atoms with van der Waals surface area (Å²) in [5.41, 5.74) is 2.15. The third kappa shape index (κ3) is 5.32. The number of hydrogen-bond acceptors (Lipinski definition) is 6. The first-order valence-corrected chi connectivity index (χ1v) is 13.2. The summed E-state index contributed by atoms with van der Waals surface area (Å²) in [5, 5.41) is 0.883. The van der Waals surface area contributed by atoms with Crippen molar-refractivity contribution in [2.45, 2.75) is 19.3 Å². The van der Waals surface area contributed by atoms with Crippen LogP contribution in [0.2, 0.25) is 0 Å². The highest BCUT2D eigenvalue weighted by molar-refractivity contribution is 7.22. The number of amides is 1. The van der Waals surface area contributed by atoms with Crippen LogP contribution < -0.4 is 14.2 Å². The SMILES string of the molecule is COc1ccc(-c2sc3cc(OC)ccc3c2C(=O)c2ccc(OCC(=O)N3CCCCC3)cc2)cc1. The topological polar surface area (TPSA) is 65.1 Å². The van der Waals surface area contributed by atoms with E-state index in [-0.39, 0.29) is 18.3 Å². The van der Waals surface area contributed by atoms with Crippen LogP contribution in [0.3, 0.4) is 0 Å². The van der Waals surface area contributed by atoms with Gasteiger partial charge < -0.3 is 19.1 Å². The minimum absolute atomic E-state index is 0.00385. The van der Waals surface area contributed by atoms with Crippen molar-refractivity contribution in [1.82, 2.24) is 4.90 Å². The van der Waals surface area contributed by atoms with Crippen molar-refractivity contribution in [2.24, 2.45) is 0 Å². The van der Waals surface area contributed by atoms with E-state index in [1.807, 2.05) is 47.4 Å². The van der Waals surface area contributed by atoms with E-state index in [2.05, 4.69) is 0 Å². The standard InChI is InChI=1S/C30H29NO5S/c1-34-22-10-8-21(9-11-22)30-28(25-15-14-24(35-2)18-26(25)37-30)29(33)20-6-12-23(13-7-20)36-19-27(32)31-16-4-3-5-17-31/h6-15,18H,3-5,16-17,19H2,1-2H3. The second kappa shape index (κ2) is 11.0. The molecule has 0 atom stereocenters. The molecule has 0 N–H and O–H groups in total. The molecule has 190 valence electrons. The molecule has 0 saturated carbocycles. The number of carbonyl (C=O) groups excluding carboxylic acids is 2. The lowest BCUT2D eigenvalue weighted by Gasteiger charge is -2.26. The largest absolute Gasteiger partial charge is 0.497 e. The molecule has 6 nitrogen and oxygen atoms in total. The average Bonchev–Trinajstić information content (AvgIpc) is 3.35. The lowest BCUT2D eigenvalue weighted by atomic mass is 9.97. The van der Waals surface area contributed by atoms with Crippen molar-refractivity contribution in [3.8, 4) is 27.7 Å². The molecule has 1 fully saturated rings. The Morgan fingerprint density at radius 1 is 0.811 bits per heavy atom. The second-order valence-corrected chi connectivity index (χ2v) is 10.0. The minimum Gasteiger partial charge on any atom is -0.497 e. The van der Waals surface area contributed by atoms with Crippen LogP contribution in [0.1, 0.15) is 35.2 Å². The van der Waals surface area contributed by atoms with Gasteiger partial charge in [0.2, 0.25) is 0 Å². The van der Waals surface area contributed by atoms with Crippen LogP contribution in [0.5, 0.6) is 17.2 Å². The van der Waals surface area contributed by atoms with Gasteiger partial charge in [-0.15, -0.1) is 11.3 Å². The van der Waals surface area contributed by atoms with Crippen molar-refractivity contribution in [3.05, 3.63) is 77.9 Å². The summed E-state index contributed by atoms with van der Waals surface area (Å²) in [7, 11) is 3.27. The quantitative estimate of drug-likeness (QED) is 0.261. The minimum atomic E-state index is -0.0711. The van der Waals surface area contributed by atoms with Gasteiger partial charge in [0.25, 0.3) is 5.91 Å². The Morgan fingerprint density at radius 3 is 2.14 bits per heavy atom. The Hall–Kier alpha value is -3.84. The first kappa shape index (κ1) is 24.8. The highest BCUT2D eigenvalue weighted by Crippen LogP contribution is 2.41. The van der Waals surface area contributed by atoms with Gasteiger partial charge in [0, 0.05) is 39.2 Å². The molecule has 1 saturated heterocycles. The molecule has 1 amide bonds. The summed E-state index contributed by atoms with van der Waals surface area (Å²) in [6, 6.07) is 20.5. The van der Waals surface area contributed by atoms with Gasteiger partial charge in [-0.1, -0.05) is 0 Å². The van der Waals surface area contributed by atoms with Crippen molar-refractivity contribution in [1.29, 1.82) is 0 Å². The molecule has 1 aliphatic heterocycles. The molecule has 2 heterocycles. The highest BCUT2D eigenvalue weighted by Gasteiger charge is 2.22. The summed E-state index contributed by atoms with van der Waals surface area (Å²) in [5.74, 6) is 2.00. The molecule has 5 rings (SSSR count). The van der Waals surface area contributed by atoms with Crippen LogP contribution in [0.15, 0.2) is 66.7 Å². The Kier molecular flexibility index (Phi) is 7.42. The lowest BCUT2D eigenvalue weighted by Crippen LogP contribution is -2.38. The maximum absolute atomic E-state index is 13.8. The number of carbonyl (C=O) groups is 2. The Labute approximate surface area is 220 Å². The van der Waals surface area contributed by atoms with E-state index in [1.54, 1.807) is 49.8 Å². The zero-order chi connectivity index (χ0) is 25.8. The molecular weight excluding hydrogens is 486 g/mol. The summed E-state index contributed by atoms with van der Waals surface area (Å²) in [6.45, 7) is 1.60. The van der Waals surface area contributed by atoms with Crippen LogP contribution in [0, 0.1) is 0 Å². The molecular formula is C30H29NO5S. The first-order valence-electron chi connectivity index (χ1n) is 12.4. The number of methoxy groups -OCH3 is 2. The van der Waals surface area contributed by atoms with E-state index in [0.29, 0.717) is 16.9 Å². The zero-order valence-electron chi connectivity index (χ0n) is 21.0. The number of fused-ring (bicyclic) bond motifs is 1. The summed E-state index contributed by atoms with van der Waals surface area (Å²) in [6.07, 6.45) is 3.27. The zero-order valence-corrected chi connectivity index (χ0v) is 21.8. The van der Waals surface area contributed by atoms with E-state index < -0.39 is 0 Å². The van der Waals surface area contributed by atoms with Gasteiger partial charge in [-0.3, -0.25) is 9.59 Å². The van der Waals surface area contributed by atoms with E-state index in [0.717, 1.165) is 58.0 Å². The van der Waals surface area contributed by atoms with Crippen LogP contribution in [0.4, 0.5) is 0 Å². The van der Waals surface area contributed by atoms with Crippen LogP contribution in [-0.2, 0) is 4.79 Å². The van der Waals surface area contributed by atoms with Crippen LogP contribution >= 0.6 is 11.3 Å². The molecule has 1 aromatic heterocycles. The summed E-state index contributed by atoms with van der Waals surface area (Å²) in [4.78, 5) is 29.0. The Bertz CT molecular complexity index is 1400. The molecule has 0 unspecified atom stereocenters. The second-order valence-electron chi connectivity index (χ2n) is 8.98. The average molecular weight is 516 g/mol. The monoisotopic (exact) mass is 515 g/mol. The van der Waals surface area contributed by atoms with Crippen molar-refractivity contribution in [2.75, 3.05) is 33.9 Å². The number of rotatable bonds is 8. The number of ketones is 1. The third-order valence-corrected chi connectivity index (χ3v) is 7.87. The van der Waals surface area contributed by atoms with Crippen LogP contribution in [-0.4, -0.2) is 50.5 Å². The summed E-state index contributed by atoms with van der Waals surface area (Å²) >= 11 is 1.56. The smallest absolute Gasteiger partial charge is 0.260 e. The van der Waals surface area contributed by atoms with Gasteiger partial charge in [-0.05, 0) is 91.6 Å². The third-order valence-electron chi connectivity index (χ3n) is 6.66. The van der Waals surface area contributed by atoms with Gasteiger partial charge in [0.15, 0.2) is 12.4 Å². The lowest BCUT2D eigenvalue weighted by molar-refractivity contribution is -0.134. The predicted octanol–water partition coefficient (Wildman–Crippen LogP) is 6.21. The molecule has 37 heavy (non-hydrogen) atoms. The van der Waals surface area contributed by atoms with Gasteiger partial charge >= 0.3 is 0 Å². The van der Waals surface area contributed by atoms with E-state index in [4.69, 9.17) is 14.2 Å². The first-order chi connectivity index (χ1) is 18.1. The fourth-order valence-corrected chi connectivity index (χ4v) is 5.84. The molecule has 0 aliphatic carbocycles. The van der Waals surface area contributed by atoms with E-state index in [9.17, 15) is 9.59 Å². The molecule has 7 heteroatoms. The maximum atomic E-state index is 13.8. The number of thiophene rings is 1. The van der Waals surface area contributed by atoms with E-state index in [1.165, 1.54) is 6.42 Å².